The fraction of sp³-hybridized carbons (Fsp3) is 0.579. The zero-order chi connectivity index (χ0) is 17.2. The summed E-state index contributed by atoms with van der Waals surface area (Å²) in [5, 5.41) is 12.7. The molecule has 1 aromatic carbocycles. The lowest BCUT2D eigenvalue weighted by atomic mass is 9.78. The van der Waals surface area contributed by atoms with E-state index in [0.717, 1.165) is 30.5 Å². The monoisotopic (exact) mass is 339 g/mol. The van der Waals surface area contributed by atoms with E-state index in [9.17, 15) is 4.79 Å². The molecule has 2 fully saturated rings. The standard InChI is InChI=1S/C19H25N5O/c1-14-7-2-4-10-16(14)19-20-22-24(21-19)13-18(25)23-12-6-9-15-8-3-5-11-17(15)23/h2,4,7,10,15,17H,3,5-6,8-9,11-13H2,1H3/t15-,17+/m1/s1. The summed E-state index contributed by atoms with van der Waals surface area (Å²) in [6, 6.07) is 8.39. The van der Waals surface area contributed by atoms with Crippen LogP contribution in [-0.4, -0.2) is 43.6 Å². The van der Waals surface area contributed by atoms with Crippen LogP contribution in [-0.2, 0) is 11.3 Å². The van der Waals surface area contributed by atoms with Gasteiger partial charge in [-0.25, -0.2) is 0 Å². The third-order valence-electron chi connectivity index (χ3n) is 5.68. The molecule has 1 saturated carbocycles. The molecular formula is C19H25N5O. The summed E-state index contributed by atoms with van der Waals surface area (Å²) in [5.74, 6) is 1.41. The first-order chi connectivity index (χ1) is 12.2. The smallest absolute Gasteiger partial charge is 0.246 e. The fourth-order valence-electron chi connectivity index (χ4n) is 4.39. The highest BCUT2D eigenvalue weighted by Crippen LogP contribution is 2.35. The Balaban J connectivity index is 1.47. The molecule has 0 unspecified atom stereocenters. The van der Waals surface area contributed by atoms with Gasteiger partial charge in [0, 0.05) is 18.2 Å². The number of likely N-dealkylation sites (tertiary alicyclic amines) is 1. The predicted octanol–water partition coefficient (Wildman–Crippen LogP) is 2.83. The molecule has 2 aliphatic rings. The van der Waals surface area contributed by atoms with Crippen molar-refractivity contribution in [3.63, 3.8) is 0 Å². The Hall–Kier alpha value is -2.24. The van der Waals surface area contributed by atoms with E-state index in [0.29, 0.717) is 17.8 Å². The van der Waals surface area contributed by atoms with Crippen LogP contribution >= 0.6 is 0 Å². The van der Waals surface area contributed by atoms with Crippen LogP contribution in [0.25, 0.3) is 11.4 Å². The van der Waals surface area contributed by atoms with E-state index in [2.05, 4.69) is 20.3 Å². The van der Waals surface area contributed by atoms with Gasteiger partial charge in [0.15, 0.2) is 0 Å². The molecule has 2 aromatic rings. The Labute approximate surface area is 148 Å². The van der Waals surface area contributed by atoms with Crippen molar-refractivity contribution in [3.8, 4) is 11.4 Å². The van der Waals surface area contributed by atoms with Crippen molar-refractivity contribution in [1.82, 2.24) is 25.1 Å². The molecule has 2 heterocycles. The van der Waals surface area contributed by atoms with E-state index in [1.165, 1.54) is 30.5 Å². The molecule has 132 valence electrons. The molecule has 0 bridgehead atoms. The van der Waals surface area contributed by atoms with Gasteiger partial charge in [0.25, 0.3) is 0 Å². The summed E-state index contributed by atoms with van der Waals surface area (Å²) >= 11 is 0. The normalized spacial score (nSPS) is 23.3. The van der Waals surface area contributed by atoms with Gasteiger partial charge in [-0.15, -0.1) is 10.2 Å². The highest BCUT2D eigenvalue weighted by atomic mass is 16.2. The molecule has 6 heteroatoms. The first kappa shape index (κ1) is 16.2. The van der Waals surface area contributed by atoms with Crippen LogP contribution in [0, 0.1) is 12.8 Å². The Kier molecular flexibility index (Phi) is 4.51. The quantitative estimate of drug-likeness (QED) is 0.862. The van der Waals surface area contributed by atoms with Crippen LogP contribution < -0.4 is 0 Å². The number of carbonyl (C=O) groups excluding carboxylic acids is 1. The lowest BCUT2D eigenvalue weighted by Gasteiger charge is -2.44. The lowest BCUT2D eigenvalue weighted by molar-refractivity contribution is -0.138. The van der Waals surface area contributed by atoms with Gasteiger partial charge >= 0.3 is 0 Å². The van der Waals surface area contributed by atoms with Crippen molar-refractivity contribution in [2.75, 3.05) is 6.54 Å². The second kappa shape index (κ2) is 6.94. The van der Waals surface area contributed by atoms with E-state index in [1.54, 1.807) is 0 Å². The maximum atomic E-state index is 12.8. The number of piperidine rings is 1. The van der Waals surface area contributed by atoms with E-state index < -0.39 is 0 Å². The highest BCUT2D eigenvalue weighted by Gasteiger charge is 2.35. The van der Waals surface area contributed by atoms with Crippen LogP contribution in [0.3, 0.4) is 0 Å². The van der Waals surface area contributed by atoms with Crippen molar-refractivity contribution in [1.29, 1.82) is 0 Å². The number of benzene rings is 1. The number of amides is 1. The number of nitrogens with zero attached hydrogens (tertiary/aromatic N) is 5. The second-order valence-electron chi connectivity index (χ2n) is 7.30. The summed E-state index contributed by atoms with van der Waals surface area (Å²) in [4.78, 5) is 16.4. The average molecular weight is 339 g/mol. The number of hydrogen-bond acceptors (Lipinski definition) is 4. The molecule has 25 heavy (non-hydrogen) atoms. The zero-order valence-corrected chi connectivity index (χ0v) is 14.8. The summed E-state index contributed by atoms with van der Waals surface area (Å²) in [5.41, 5.74) is 2.07. The van der Waals surface area contributed by atoms with Crippen LogP contribution in [0.4, 0.5) is 0 Å². The van der Waals surface area contributed by atoms with E-state index in [1.807, 2.05) is 31.2 Å². The number of aryl methyl sites for hydroxylation is 1. The Morgan fingerprint density at radius 1 is 1.16 bits per heavy atom. The SMILES string of the molecule is Cc1ccccc1-c1nnn(CC(=O)N2CCC[C@H]3CCCC[C@@H]32)n1. The number of tetrazole rings is 1. The van der Waals surface area contributed by atoms with Gasteiger partial charge in [-0.3, -0.25) is 4.79 Å². The van der Waals surface area contributed by atoms with Crippen LogP contribution in [0.1, 0.15) is 44.1 Å². The average Bonchev–Trinajstić information content (AvgIpc) is 3.09. The van der Waals surface area contributed by atoms with E-state index in [-0.39, 0.29) is 12.5 Å². The number of aromatic nitrogens is 4. The number of carbonyl (C=O) groups is 1. The first-order valence-electron chi connectivity index (χ1n) is 9.35. The Morgan fingerprint density at radius 3 is 2.84 bits per heavy atom. The minimum atomic E-state index is 0.130. The van der Waals surface area contributed by atoms with Gasteiger partial charge in [0.1, 0.15) is 6.54 Å². The van der Waals surface area contributed by atoms with Crippen LogP contribution in [0.2, 0.25) is 0 Å². The van der Waals surface area contributed by atoms with Crippen molar-refractivity contribution >= 4 is 5.91 Å². The third kappa shape index (κ3) is 3.30. The van der Waals surface area contributed by atoms with Crippen molar-refractivity contribution in [2.45, 2.75) is 58.0 Å². The number of rotatable bonds is 3. The molecule has 1 aliphatic heterocycles. The van der Waals surface area contributed by atoms with Gasteiger partial charge < -0.3 is 4.90 Å². The maximum Gasteiger partial charge on any atom is 0.246 e. The van der Waals surface area contributed by atoms with Gasteiger partial charge in [0.2, 0.25) is 11.7 Å². The van der Waals surface area contributed by atoms with Crippen LogP contribution in [0.5, 0.6) is 0 Å². The molecule has 2 atom stereocenters. The zero-order valence-electron chi connectivity index (χ0n) is 14.8. The summed E-state index contributed by atoms with van der Waals surface area (Å²) < 4.78 is 0. The molecule has 0 spiro atoms. The molecule has 6 nitrogen and oxygen atoms in total. The largest absolute Gasteiger partial charge is 0.338 e. The minimum Gasteiger partial charge on any atom is -0.338 e. The number of hydrogen-bond donors (Lipinski definition) is 0. The van der Waals surface area contributed by atoms with Gasteiger partial charge in [-0.05, 0) is 49.3 Å². The molecule has 1 aliphatic carbocycles. The predicted molar refractivity (Wildman–Crippen MR) is 94.7 cm³/mol. The Bertz CT molecular complexity index is 754. The molecule has 0 radical (unpaired) electrons. The maximum absolute atomic E-state index is 12.8. The van der Waals surface area contributed by atoms with Gasteiger partial charge in [-0.2, -0.15) is 4.80 Å². The molecular weight excluding hydrogens is 314 g/mol. The summed E-state index contributed by atoms with van der Waals surface area (Å²) in [7, 11) is 0. The van der Waals surface area contributed by atoms with E-state index in [4.69, 9.17) is 0 Å². The molecule has 0 N–H and O–H groups in total. The molecule has 4 rings (SSSR count). The van der Waals surface area contributed by atoms with E-state index >= 15 is 0 Å². The highest BCUT2D eigenvalue weighted by molar-refractivity contribution is 5.76. The summed E-state index contributed by atoms with van der Waals surface area (Å²) in [6.07, 6.45) is 7.36. The van der Waals surface area contributed by atoms with Crippen molar-refractivity contribution in [2.24, 2.45) is 5.92 Å². The topological polar surface area (TPSA) is 63.9 Å². The molecule has 1 amide bonds. The molecule has 1 aromatic heterocycles. The lowest BCUT2D eigenvalue weighted by Crippen LogP contribution is -2.50. The van der Waals surface area contributed by atoms with Gasteiger partial charge in [0.05, 0.1) is 0 Å². The fourth-order valence-corrected chi connectivity index (χ4v) is 4.39. The van der Waals surface area contributed by atoms with Crippen molar-refractivity contribution in [3.05, 3.63) is 29.8 Å². The second-order valence-corrected chi connectivity index (χ2v) is 7.30. The number of fused-ring (bicyclic) bond motifs is 1. The third-order valence-corrected chi connectivity index (χ3v) is 5.68. The first-order valence-corrected chi connectivity index (χ1v) is 9.35. The Morgan fingerprint density at radius 2 is 1.96 bits per heavy atom. The molecule has 1 saturated heterocycles. The van der Waals surface area contributed by atoms with Gasteiger partial charge in [-0.1, -0.05) is 37.1 Å². The summed E-state index contributed by atoms with van der Waals surface area (Å²) in [6.45, 7) is 3.08. The minimum absolute atomic E-state index is 0.130. The van der Waals surface area contributed by atoms with Crippen molar-refractivity contribution < 1.29 is 4.79 Å². The van der Waals surface area contributed by atoms with Crippen LogP contribution in [0.15, 0.2) is 24.3 Å².